The van der Waals surface area contributed by atoms with Gasteiger partial charge in [0, 0.05) is 17.3 Å². The summed E-state index contributed by atoms with van der Waals surface area (Å²) in [7, 11) is 0. The smallest absolute Gasteiger partial charge is 0.434 e. The first-order valence-corrected chi connectivity index (χ1v) is 7.24. The van der Waals surface area contributed by atoms with Gasteiger partial charge < -0.3 is 10.1 Å². The lowest BCUT2D eigenvalue weighted by molar-refractivity contribution is -0.141. The highest BCUT2D eigenvalue weighted by molar-refractivity contribution is 6.04. The van der Waals surface area contributed by atoms with Crippen molar-refractivity contribution in [3.8, 4) is 0 Å². The van der Waals surface area contributed by atoms with Crippen LogP contribution < -0.4 is 5.32 Å². The number of ether oxygens (including phenoxy) is 1. The first-order chi connectivity index (χ1) is 11.7. The maximum atomic E-state index is 14.2. The van der Waals surface area contributed by atoms with Crippen molar-refractivity contribution in [1.82, 2.24) is 10.3 Å². The molecule has 0 saturated carbocycles. The Labute approximate surface area is 146 Å². The molecule has 1 heterocycles. The van der Waals surface area contributed by atoms with Crippen LogP contribution in [0.4, 0.5) is 26.7 Å². The molecular formula is C16H17F5N2O3. The van der Waals surface area contributed by atoms with E-state index in [1.54, 1.807) is 20.8 Å². The Balaban J connectivity index is 2.95. The monoisotopic (exact) mass is 380 g/mol. The first-order valence-electron chi connectivity index (χ1n) is 7.24. The van der Waals surface area contributed by atoms with Crippen LogP contribution in [0.5, 0.6) is 0 Å². The second kappa shape index (κ2) is 7.38. The zero-order valence-electron chi connectivity index (χ0n) is 14.2. The Morgan fingerprint density at radius 1 is 1.19 bits per heavy atom. The summed E-state index contributed by atoms with van der Waals surface area (Å²) >= 11 is 0. The van der Waals surface area contributed by atoms with E-state index in [1.165, 1.54) is 0 Å². The standard InChI is InChI=1S/C16H17F5N2O3/c1-9(8-26-13(25)23-14(2,3)4)15(17,18)12(24)10-6-5-7-22-11(10)16(19,20)21/h5-7H,1,8H2,2-4H3,(H,23,25). The number of rotatable bonds is 5. The molecule has 0 bridgehead atoms. The van der Waals surface area contributed by atoms with E-state index in [9.17, 15) is 31.5 Å². The molecule has 0 saturated heterocycles. The van der Waals surface area contributed by atoms with Crippen molar-refractivity contribution in [2.75, 3.05) is 6.61 Å². The van der Waals surface area contributed by atoms with Gasteiger partial charge in [-0.1, -0.05) is 6.58 Å². The molecule has 26 heavy (non-hydrogen) atoms. The van der Waals surface area contributed by atoms with Crippen molar-refractivity contribution in [2.45, 2.75) is 38.4 Å². The minimum absolute atomic E-state index is 0.590. The van der Waals surface area contributed by atoms with Crippen LogP contribution in [-0.4, -0.2) is 34.9 Å². The van der Waals surface area contributed by atoms with Crippen LogP contribution in [0, 0.1) is 0 Å². The molecule has 1 N–H and O–H groups in total. The van der Waals surface area contributed by atoms with Gasteiger partial charge >= 0.3 is 18.2 Å². The van der Waals surface area contributed by atoms with Crippen molar-refractivity contribution in [3.63, 3.8) is 0 Å². The number of hydrogen-bond acceptors (Lipinski definition) is 4. The number of alkyl carbamates (subject to hydrolysis) is 1. The number of nitrogens with one attached hydrogen (secondary N) is 1. The molecule has 144 valence electrons. The zero-order valence-corrected chi connectivity index (χ0v) is 14.2. The van der Waals surface area contributed by atoms with E-state index >= 15 is 0 Å². The van der Waals surface area contributed by atoms with Crippen molar-refractivity contribution in [3.05, 3.63) is 41.7 Å². The average Bonchev–Trinajstić information content (AvgIpc) is 2.49. The minimum atomic E-state index is -5.09. The lowest BCUT2D eigenvalue weighted by Gasteiger charge is -2.22. The summed E-state index contributed by atoms with van der Waals surface area (Å²) in [5.74, 6) is -6.52. The molecule has 1 amide bonds. The third kappa shape index (κ3) is 5.50. The second-order valence-electron chi connectivity index (χ2n) is 6.36. The van der Waals surface area contributed by atoms with Crippen LogP contribution in [0.1, 0.15) is 36.8 Å². The summed E-state index contributed by atoms with van der Waals surface area (Å²) in [4.78, 5) is 26.3. The summed E-state index contributed by atoms with van der Waals surface area (Å²) in [5, 5.41) is 2.33. The van der Waals surface area contributed by atoms with Gasteiger partial charge in [0.2, 0.25) is 5.78 Å². The highest BCUT2D eigenvalue weighted by Gasteiger charge is 2.47. The van der Waals surface area contributed by atoms with Gasteiger partial charge in [0.1, 0.15) is 6.61 Å². The van der Waals surface area contributed by atoms with Crippen molar-refractivity contribution in [1.29, 1.82) is 0 Å². The summed E-state index contributed by atoms with van der Waals surface area (Å²) in [5.41, 5.74) is -4.90. The number of carbonyl (C=O) groups is 2. The van der Waals surface area contributed by atoms with E-state index in [1.807, 2.05) is 0 Å². The molecular weight excluding hydrogens is 363 g/mol. The number of amides is 1. The fourth-order valence-corrected chi connectivity index (χ4v) is 1.73. The Morgan fingerprint density at radius 2 is 1.77 bits per heavy atom. The lowest BCUT2D eigenvalue weighted by atomic mass is 9.98. The number of halogens is 5. The predicted molar refractivity (Wildman–Crippen MR) is 81.9 cm³/mol. The number of pyridine rings is 1. The van der Waals surface area contributed by atoms with Gasteiger partial charge in [-0.15, -0.1) is 0 Å². The van der Waals surface area contributed by atoms with Gasteiger partial charge in [-0.3, -0.25) is 9.78 Å². The fraction of sp³-hybridized carbons (Fsp3) is 0.438. The van der Waals surface area contributed by atoms with Crippen LogP contribution in [0.2, 0.25) is 0 Å². The van der Waals surface area contributed by atoms with Crippen molar-refractivity contribution >= 4 is 11.9 Å². The van der Waals surface area contributed by atoms with Crippen LogP contribution >= 0.6 is 0 Å². The lowest BCUT2D eigenvalue weighted by Crippen LogP contribution is -2.42. The molecule has 0 radical (unpaired) electrons. The van der Waals surface area contributed by atoms with E-state index in [4.69, 9.17) is 0 Å². The maximum absolute atomic E-state index is 14.2. The number of carbonyl (C=O) groups excluding carboxylic acids is 2. The number of ketones is 1. The highest BCUT2D eigenvalue weighted by Crippen LogP contribution is 2.34. The SMILES string of the molecule is C=C(COC(=O)NC(C)(C)C)C(F)(F)C(=O)c1cccnc1C(F)(F)F. The van der Waals surface area contributed by atoms with Crippen molar-refractivity contribution < 1.29 is 36.3 Å². The molecule has 0 aromatic carbocycles. The Bertz CT molecular complexity index is 709. The maximum Gasteiger partial charge on any atom is 0.434 e. The number of aromatic nitrogens is 1. The third-order valence-corrected chi connectivity index (χ3v) is 2.90. The molecule has 0 unspecified atom stereocenters. The van der Waals surface area contributed by atoms with E-state index < -0.39 is 53.0 Å². The van der Waals surface area contributed by atoms with E-state index in [0.717, 1.165) is 12.3 Å². The van der Waals surface area contributed by atoms with Gasteiger partial charge in [0.25, 0.3) is 0 Å². The largest absolute Gasteiger partial charge is 0.445 e. The average molecular weight is 380 g/mol. The molecule has 0 aliphatic heterocycles. The van der Waals surface area contributed by atoms with Crippen LogP contribution in [-0.2, 0) is 10.9 Å². The zero-order chi connectivity index (χ0) is 20.3. The summed E-state index contributed by atoms with van der Waals surface area (Å²) in [6.07, 6.45) is -5.40. The quantitative estimate of drug-likeness (QED) is 0.476. The molecule has 10 heteroatoms. The third-order valence-electron chi connectivity index (χ3n) is 2.90. The van der Waals surface area contributed by atoms with Crippen LogP contribution in [0.25, 0.3) is 0 Å². The number of alkyl halides is 5. The fourth-order valence-electron chi connectivity index (χ4n) is 1.73. The first kappa shape index (κ1) is 21.5. The number of nitrogens with zero attached hydrogens (tertiary/aromatic N) is 1. The van der Waals surface area contributed by atoms with Crippen LogP contribution in [0.15, 0.2) is 30.5 Å². The van der Waals surface area contributed by atoms with Gasteiger partial charge in [-0.25, -0.2) is 4.79 Å². The molecule has 0 spiro atoms. The van der Waals surface area contributed by atoms with Gasteiger partial charge in [0.15, 0.2) is 5.69 Å². The Kier molecular flexibility index (Phi) is 6.11. The van der Waals surface area contributed by atoms with Crippen LogP contribution in [0.3, 0.4) is 0 Å². The summed E-state index contributed by atoms with van der Waals surface area (Å²) in [6, 6.07) is 1.51. The highest BCUT2D eigenvalue weighted by atomic mass is 19.4. The van der Waals surface area contributed by atoms with E-state index in [2.05, 4.69) is 21.6 Å². The molecule has 1 rings (SSSR count). The molecule has 0 atom stereocenters. The Hall–Kier alpha value is -2.52. The summed E-state index contributed by atoms with van der Waals surface area (Å²) < 4.78 is 71.5. The van der Waals surface area contributed by atoms with Gasteiger partial charge in [-0.2, -0.15) is 22.0 Å². The van der Waals surface area contributed by atoms with Gasteiger partial charge in [-0.05, 0) is 32.9 Å². The summed E-state index contributed by atoms with van der Waals surface area (Å²) in [6.45, 7) is 6.74. The number of hydrogen-bond donors (Lipinski definition) is 1. The van der Waals surface area contributed by atoms with Gasteiger partial charge in [0.05, 0.1) is 5.56 Å². The predicted octanol–water partition coefficient (Wildman–Crippen LogP) is 4.00. The van der Waals surface area contributed by atoms with E-state index in [-0.39, 0.29) is 0 Å². The van der Waals surface area contributed by atoms with E-state index in [0.29, 0.717) is 6.07 Å². The molecule has 0 aliphatic carbocycles. The molecule has 0 fully saturated rings. The second-order valence-corrected chi connectivity index (χ2v) is 6.36. The molecule has 1 aromatic heterocycles. The Morgan fingerprint density at radius 3 is 2.27 bits per heavy atom. The molecule has 1 aromatic rings. The molecule has 5 nitrogen and oxygen atoms in total. The normalized spacial score (nSPS) is 12.5. The molecule has 0 aliphatic rings. The van der Waals surface area contributed by atoms with Crippen molar-refractivity contribution in [2.24, 2.45) is 0 Å². The topological polar surface area (TPSA) is 68.3 Å². The minimum Gasteiger partial charge on any atom is -0.445 e. The number of Topliss-reactive ketones (excluding diaryl/α,β-unsaturated/α-hetero) is 1.